The third-order valence-electron chi connectivity index (χ3n) is 11.3. The summed E-state index contributed by atoms with van der Waals surface area (Å²) in [5.74, 6) is 1.31. The smallest absolute Gasteiger partial charge is 0.316 e. The number of fused-ring (bicyclic) bond motifs is 2. The van der Waals surface area contributed by atoms with Crippen LogP contribution in [0.5, 0.6) is 0 Å². The van der Waals surface area contributed by atoms with Gasteiger partial charge in [-0.3, -0.25) is 9.59 Å². The van der Waals surface area contributed by atoms with Gasteiger partial charge in [-0.05, 0) is 61.8 Å². The average Bonchev–Trinajstić information content (AvgIpc) is 3.53. The van der Waals surface area contributed by atoms with Crippen molar-refractivity contribution in [3.05, 3.63) is 12.7 Å². The molecule has 1 N–H and O–H groups in total. The van der Waals surface area contributed by atoms with Gasteiger partial charge in [-0.15, -0.1) is 18.3 Å². The molecule has 5 nitrogen and oxygen atoms in total. The lowest BCUT2D eigenvalue weighted by molar-refractivity contribution is -0.205. The minimum atomic E-state index is -0.616. The maximum Gasteiger partial charge on any atom is 0.316 e. The Morgan fingerprint density at radius 1 is 1.26 bits per heavy atom. The predicted octanol–water partition coefficient (Wildman–Crippen LogP) is 4.33. The van der Waals surface area contributed by atoms with Crippen molar-refractivity contribution in [1.82, 2.24) is 4.90 Å². The van der Waals surface area contributed by atoms with Gasteiger partial charge in [0.1, 0.15) is 11.9 Å². The van der Waals surface area contributed by atoms with Gasteiger partial charge in [0.25, 0.3) is 0 Å². The molecule has 5 aliphatic rings. The number of ketones is 1. The summed E-state index contributed by atoms with van der Waals surface area (Å²) in [6, 6.07) is 0. The number of piperidine rings is 1. The summed E-state index contributed by atoms with van der Waals surface area (Å²) < 4.78 is 6.38. The van der Waals surface area contributed by atoms with E-state index >= 15 is 0 Å². The minimum Gasteiger partial charge on any atom is -0.461 e. The Morgan fingerprint density at radius 3 is 2.68 bits per heavy atom. The van der Waals surface area contributed by atoms with E-state index in [1.807, 2.05) is 6.08 Å². The lowest BCUT2D eigenvalue weighted by Crippen LogP contribution is -2.63. The van der Waals surface area contributed by atoms with Crippen LogP contribution in [-0.2, 0) is 14.3 Å². The highest BCUT2D eigenvalue weighted by Crippen LogP contribution is 2.68. The molecule has 2 unspecified atom stereocenters. The predicted molar refractivity (Wildman–Crippen MR) is 135 cm³/mol. The second kappa shape index (κ2) is 8.62. The number of aliphatic hydroxyl groups is 1. The first-order chi connectivity index (χ1) is 16.0. The number of hydrogen-bond donors (Lipinski definition) is 1. The highest BCUT2D eigenvalue weighted by atomic mass is 32.2. The third kappa shape index (κ3) is 3.56. The van der Waals surface area contributed by atoms with Crippen LogP contribution in [0.3, 0.4) is 0 Å². The van der Waals surface area contributed by atoms with E-state index in [9.17, 15) is 14.7 Å². The van der Waals surface area contributed by atoms with Gasteiger partial charge in [0, 0.05) is 41.5 Å². The summed E-state index contributed by atoms with van der Waals surface area (Å²) in [7, 11) is 0. The van der Waals surface area contributed by atoms with Gasteiger partial charge in [-0.1, -0.05) is 33.8 Å². The minimum absolute atomic E-state index is 0.00114. The van der Waals surface area contributed by atoms with Gasteiger partial charge in [0.05, 0.1) is 11.9 Å². The first kappa shape index (κ1) is 24.8. The first-order valence-electron chi connectivity index (χ1n) is 13.4. The van der Waals surface area contributed by atoms with Crippen molar-refractivity contribution in [3.8, 4) is 0 Å². The van der Waals surface area contributed by atoms with Crippen LogP contribution in [0.15, 0.2) is 12.7 Å². The van der Waals surface area contributed by atoms with Crippen molar-refractivity contribution in [1.29, 1.82) is 0 Å². The molecule has 5 fully saturated rings. The van der Waals surface area contributed by atoms with Gasteiger partial charge in [0.15, 0.2) is 0 Å². The lowest BCUT2D eigenvalue weighted by Gasteiger charge is -2.61. The van der Waals surface area contributed by atoms with E-state index in [2.05, 4.69) is 39.2 Å². The molecule has 4 bridgehead atoms. The second-order valence-electron chi connectivity index (χ2n) is 12.7. The Bertz CT molecular complexity index is 863. The lowest BCUT2D eigenvalue weighted by atomic mass is 9.44. The highest BCUT2D eigenvalue weighted by Gasteiger charge is 2.68. The maximum atomic E-state index is 13.5. The van der Waals surface area contributed by atoms with Gasteiger partial charge < -0.3 is 14.7 Å². The zero-order valence-corrected chi connectivity index (χ0v) is 22.2. The number of ether oxygens (including phenoxy) is 1. The van der Waals surface area contributed by atoms with Crippen molar-refractivity contribution in [2.45, 2.75) is 83.7 Å². The first-order valence-corrected chi connectivity index (χ1v) is 14.5. The number of carbonyl (C=O) groups is 2. The van der Waals surface area contributed by atoms with E-state index in [-0.39, 0.29) is 29.1 Å². The average molecular weight is 490 g/mol. The molecule has 11 atom stereocenters. The monoisotopic (exact) mass is 489 g/mol. The molecule has 0 amide bonds. The standard InChI is InChI=1S/C28H43NO4S/c1-6-26(4)13-22(33-23(31)16-34-21-15-29-12-9-19(21)14-29)27(5)17(2)7-10-28(18(3)25(26)32)11-8-20(30)24(27)28/h6,17-19,21-22,24-25,32H,1,7-16H2,2-5H3/t17-,18+,19+,21+,22-,24?,25+,26-,27+,28+/m1/s1. The number of carbonyl (C=O) groups excluding carboxylic acids is 2. The molecule has 2 aliphatic heterocycles. The SMILES string of the molecule is C=C[C@]1(C)C[C@@H](OC(=O)CS[C@H]2CN3CC[C@H]2C3)[C@@]2(C)C3C(=O)CC[C@@]3(CC[C@H]2C)[C@@H](C)[C@@H]1O. The molecule has 0 aromatic heterocycles. The quantitative estimate of drug-likeness (QED) is 0.458. The summed E-state index contributed by atoms with van der Waals surface area (Å²) in [6.07, 6.45) is 5.97. The molecular formula is C28H43NO4S. The Balaban J connectivity index is 1.44. The Labute approximate surface area is 209 Å². The van der Waals surface area contributed by atoms with E-state index in [4.69, 9.17) is 4.74 Å². The third-order valence-corrected chi connectivity index (χ3v) is 12.6. The fraction of sp³-hybridized carbons (Fsp3) is 0.857. The van der Waals surface area contributed by atoms with Crippen molar-refractivity contribution < 1.29 is 19.4 Å². The molecule has 0 aromatic carbocycles. The van der Waals surface area contributed by atoms with Crippen LogP contribution >= 0.6 is 11.8 Å². The van der Waals surface area contributed by atoms with Crippen LogP contribution in [0.1, 0.15) is 66.2 Å². The fourth-order valence-corrected chi connectivity index (χ4v) is 10.0. The fourth-order valence-electron chi connectivity index (χ4n) is 8.79. The topological polar surface area (TPSA) is 66.8 Å². The van der Waals surface area contributed by atoms with E-state index in [0.717, 1.165) is 25.8 Å². The molecule has 2 heterocycles. The summed E-state index contributed by atoms with van der Waals surface area (Å²) in [6.45, 7) is 16.2. The van der Waals surface area contributed by atoms with Gasteiger partial charge in [-0.2, -0.15) is 0 Å². The zero-order chi connectivity index (χ0) is 24.5. The van der Waals surface area contributed by atoms with E-state index in [0.29, 0.717) is 35.5 Å². The van der Waals surface area contributed by atoms with Crippen LogP contribution in [-0.4, -0.2) is 64.6 Å². The van der Waals surface area contributed by atoms with Crippen LogP contribution < -0.4 is 0 Å². The molecule has 0 aromatic rings. The number of rotatable bonds is 5. The molecule has 3 aliphatic carbocycles. The molecular weight excluding hydrogens is 446 g/mol. The van der Waals surface area contributed by atoms with Crippen molar-refractivity contribution in [2.75, 3.05) is 25.4 Å². The molecule has 6 heteroatoms. The van der Waals surface area contributed by atoms with E-state index in [1.54, 1.807) is 11.8 Å². The molecule has 3 saturated carbocycles. The summed E-state index contributed by atoms with van der Waals surface area (Å²) in [5, 5.41) is 12.1. The Morgan fingerprint density at radius 2 is 2.03 bits per heavy atom. The molecule has 190 valence electrons. The summed E-state index contributed by atoms with van der Waals surface area (Å²) >= 11 is 1.75. The zero-order valence-electron chi connectivity index (χ0n) is 21.4. The van der Waals surface area contributed by atoms with Gasteiger partial charge in [0.2, 0.25) is 0 Å². The molecule has 0 spiro atoms. The number of esters is 1. The number of thioether (sulfide) groups is 1. The van der Waals surface area contributed by atoms with Crippen LogP contribution in [0.4, 0.5) is 0 Å². The van der Waals surface area contributed by atoms with Crippen LogP contribution in [0, 0.1) is 39.9 Å². The summed E-state index contributed by atoms with van der Waals surface area (Å²) in [5.41, 5.74) is -1.22. The van der Waals surface area contributed by atoms with Gasteiger partial charge in [-0.25, -0.2) is 0 Å². The van der Waals surface area contributed by atoms with Crippen molar-refractivity contribution in [3.63, 3.8) is 0 Å². The molecule has 2 saturated heterocycles. The Hall–Kier alpha value is -0.850. The highest BCUT2D eigenvalue weighted by molar-refractivity contribution is 8.00. The largest absolute Gasteiger partial charge is 0.461 e. The number of aliphatic hydroxyl groups excluding tert-OH is 1. The Kier molecular flexibility index (Phi) is 6.30. The molecule has 34 heavy (non-hydrogen) atoms. The van der Waals surface area contributed by atoms with Crippen molar-refractivity contribution in [2.24, 2.45) is 39.9 Å². The molecule has 0 radical (unpaired) electrons. The van der Waals surface area contributed by atoms with E-state index < -0.39 is 23.0 Å². The maximum absolute atomic E-state index is 13.5. The van der Waals surface area contributed by atoms with Crippen LogP contribution in [0.25, 0.3) is 0 Å². The molecule has 5 rings (SSSR count). The summed E-state index contributed by atoms with van der Waals surface area (Å²) in [4.78, 5) is 29.2. The van der Waals surface area contributed by atoms with Gasteiger partial charge >= 0.3 is 5.97 Å². The number of hydrogen-bond acceptors (Lipinski definition) is 6. The second-order valence-corrected chi connectivity index (χ2v) is 13.9. The van der Waals surface area contributed by atoms with Crippen LogP contribution in [0.2, 0.25) is 0 Å². The number of nitrogens with zero attached hydrogens (tertiary/aromatic N) is 1. The normalized spacial score (nSPS) is 52.1. The number of Topliss-reactive ketones (excluding diaryl/α,β-unsaturated/α-hetero) is 1. The van der Waals surface area contributed by atoms with E-state index in [1.165, 1.54) is 19.5 Å². The van der Waals surface area contributed by atoms with Crippen molar-refractivity contribution >= 4 is 23.5 Å².